The molecule has 3 rings (SSSR count). The fourth-order valence-electron chi connectivity index (χ4n) is 1.67. The van der Waals surface area contributed by atoms with Crippen LogP contribution in [0.4, 0.5) is 11.6 Å². The normalized spacial score (nSPS) is 13.7. The van der Waals surface area contributed by atoms with Gasteiger partial charge < -0.3 is 15.8 Å². The minimum absolute atomic E-state index is 0.366. The van der Waals surface area contributed by atoms with Crippen LogP contribution in [0.5, 0.6) is 5.75 Å². The van der Waals surface area contributed by atoms with Crippen LogP contribution in [0.2, 0.25) is 0 Å². The topological polar surface area (TPSA) is 86.0 Å². The zero-order chi connectivity index (χ0) is 11.8. The van der Waals surface area contributed by atoms with E-state index in [1.54, 1.807) is 5.51 Å². The molecule has 1 aliphatic rings. The Hall–Kier alpha value is -1.89. The summed E-state index contributed by atoms with van der Waals surface area (Å²) in [6, 6.07) is 0. The van der Waals surface area contributed by atoms with E-state index in [1.807, 2.05) is 6.92 Å². The molecule has 6 nitrogen and oxygen atoms in total. The molecule has 0 bridgehead atoms. The predicted molar refractivity (Wildman–Crippen MR) is 66.3 cm³/mol. The van der Waals surface area contributed by atoms with Crippen molar-refractivity contribution in [2.75, 3.05) is 24.2 Å². The molecule has 3 heterocycles. The number of fused-ring (bicyclic) bond motifs is 1. The van der Waals surface area contributed by atoms with Gasteiger partial charge in [0.1, 0.15) is 6.61 Å². The maximum atomic E-state index is 5.87. The van der Waals surface area contributed by atoms with Crippen molar-refractivity contribution < 1.29 is 4.74 Å². The first-order chi connectivity index (χ1) is 8.25. The minimum atomic E-state index is 0.366. The van der Waals surface area contributed by atoms with E-state index in [0.29, 0.717) is 29.8 Å². The van der Waals surface area contributed by atoms with E-state index >= 15 is 0 Å². The van der Waals surface area contributed by atoms with E-state index in [2.05, 4.69) is 20.3 Å². The molecule has 0 atom stereocenters. The summed E-state index contributed by atoms with van der Waals surface area (Å²) >= 11 is 1.50. The first kappa shape index (κ1) is 10.3. The summed E-state index contributed by atoms with van der Waals surface area (Å²) < 4.78 is 5.43. The van der Waals surface area contributed by atoms with E-state index in [9.17, 15) is 0 Å². The second-order valence-electron chi connectivity index (χ2n) is 3.65. The zero-order valence-corrected chi connectivity index (χ0v) is 10.0. The molecule has 2 aromatic heterocycles. The molecule has 88 valence electrons. The molecule has 0 saturated heterocycles. The number of hydrogen-bond donors (Lipinski definition) is 2. The van der Waals surface area contributed by atoms with Crippen LogP contribution in [-0.2, 0) is 0 Å². The molecule has 0 spiro atoms. The number of thiazole rings is 1. The number of aryl methyl sites for hydroxylation is 1. The van der Waals surface area contributed by atoms with Gasteiger partial charge in [-0.1, -0.05) is 0 Å². The third-order valence-electron chi connectivity index (χ3n) is 2.48. The summed E-state index contributed by atoms with van der Waals surface area (Å²) in [5, 5.41) is 3.15. The lowest BCUT2D eigenvalue weighted by Crippen LogP contribution is -2.21. The first-order valence-corrected chi connectivity index (χ1v) is 6.08. The average Bonchev–Trinajstić information content (AvgIpc) is 2.75. The molecule has 7 heteroatoms. The highest BCUT2D eigenvalue weighted by atomic mass is 32.1. The molecular weight excluding hydrogens is 238 g/mol. The third-order valence-corrected chi connectivity index (χ3v) is 3.41. The molecule has 1 aliphatic heterocycles. The SMILES string of the molecule is Cc1ncsc1-c1nc(N)c2c(n1)NCCO2. The molecular formula is C10H11N5OS. The molecule has 3 N–H and O–H groups in total. The van der Waals surface area contributed by atoms with Crippen molar-refractivity contribution in [3.05, 3.63) is 11.2 Å². The van der Waals surface area contributed by atoms with Crippen molar-refractivity contribution >= 4 is 23.0 Å². The Labute approximate surface area is 102 Å². The second kappa shape index (κ2) is 3.85. The van der Waals surface area contributed by atoms with Crippen LogP contribution < -0.4 is 15.8 Å². The van der Waals surface area contributed by atoms with Gasteiger partial charge in [0.05, 0.1) is 22.6 Å². The van der Waals surface area contributed by atoms with Gasteiger partial charge in [0.15, 0.2) is 17.5 Å². The number of nitrogens with one attached hydrogen (secondary N) is 1. The highest BCUT2D eigenvalue weighted by Crippen LogP contribution is 2.34. The monoisotopic (exact) mass is 249 g/mol. The van der Waals surface area contributed by atoms with Crippen molar-refractivity contribution in [1.29, 1.82) is 0 Å². The second-order valence-corrected chi connectivity index (χ2v) is 4.51. The van der Waals surface area contributed by atoms with E-state index in [4.69, 9.17) is 10.5 Å². The molecule has 0 amide bonds. The van der Waals surface area contributed by atoms with Crippen LogP contribution in [0, 0.1) is 6.92 Å². The number of ether oxygens (including phenoxy) is 1. The number of rotatable bonds is 1. The van der Waals surface area contributed by atoms with Gasteiger partial charge >= 0.3 is 0 Å². The molecule has 2 aromatic rings. The van der Waals surface area contributed by atoms with Crippen LogP contribution in [0.3, 0.4) is 0 Å². The number of nitrogens with two attached hydrogens (primary N) is 1. The Balaban J connectivity index is 2.14. The van der Waals surface area contributed by atoms with Crippen LogP contribution in [0.15, 0.2) is 5.51 Å². The average molecular weight is 249 g/mol. The Kier molecular flexibility index (Phi) is 2.32. The van der Waals surface area contributed by atoms with E-state index in [0.717, 1.165) is 17.1 Å². The lowest BCUT2D eigenvalue weighted by atomic mass is 10.3. The van der Waals surface area contributed by atoms with E-state index in [-0.39, 0.29) is 0 Å². The highest BCUT2D eigenvalue weighted by Gasteiger charge is 2.19. The zero-order valence-electron chi connectivity index (χ0n) is 9.23. The van der Waals surface area contributed by atoms with Crippen LogP contribution in [0.25, 0.3) is 10.7 Å². The van der Waals surface area contributed by atoms with Gasteiger partial charge in [0, 0.05) is 0 Å². The molecule has 17 heavy (non-hydrogen) atoms. The van der Waals surface area contributed by atoms with Crippen molar-refractivity contribution in [1.82, 2.24) is 15.0 Å². The summed E-state index contributed by atoms with van der Waals surface area (Å²) in [6.07, 6.45) is 0. The Morgan fingerprint density at radius 2 is 2.35 bits per heavy atom. The molecule has 0 fully saturated rings. The summed E-state index contributed by atoms with van der Waals surface area (Å²) in [7, 11) is 0. The standard InChI is InChI=1S/C10H11N5OS/c1-5-7(17-4-13-5)10-14-8(11)6-9(15-10)12-2-3-16-6/h4H,2-3H2,1H3,(H3,11,12,14,15). The first-order valence-electron chi connectivity index (χ1n) is 5.20. The Bertz CT molecular complexity index is 568. The largest absolute Gasteiger partial charge is 0.485 e. The molecule has 0 aromatic carbocycles. The lowest BCUT2D eigenvalue weighted by Gasteiger charge is -2.19. The number of nitrogens with zero attached hydrogens (tertiary/aromatic N) is 3. The maximum Gasteiger partial charge on any atom is 0.204 e. The van der Waals surface area contributed by atoms with Crippen LogP contribution in [0.1, 0.15) is 5.69 Å². The number of hydrogen-bond acceptors (Lipinski definition) is 7. The molecule has 0 saturated carbocycles. The van der Waals surface area contributed by atoms with Gasteiger partial charge in [-0.3, -0.25) is 0 Å². The van der Waals surface area contributed by atoms with Crippen molar-refractivity contribution in [3.63, 3.8) is 0 Å². The predicted octanol–water partition coefficient (Wildman–Crippen LogP) is 1.30. The van der Waals surface area contributed by atoms with E-state index < -0.39 is 0 Å². The number of aromatic nitrogens is 3. The number of anilines is 2. The fourth-order valence-corrected chi connectivity index (χ4v) is 2.41. The summed E-state index contributed by atoms with van der Waals surface area (Å²) in [6.45, 7) is 3.23. The van der Waals surface area contributed by atoms with Gasteiger partial charge in [0.25, 0.3) is 0 Å². The van der Waals surface area contributed by atoms with Gasteiger partial charge in [-0.05, 0) is 6.92 Å². The van der Waals surface area contributed by atoms with Gasteiger partial charge in [-0.2, -0.15) is 0 Å². The Morgan fingerprint density at radius 1 is 1.47 bits per heavy atom. The summed E-state index contributed by atoms with van der Waals surface area (Å²) in [4.78, 5) is 13.8. The minimum Gasteiger partial charge on any atom is -0.485 e. The maximum absolute atomic E-state index is 5.87. The third kappa shape index (κ3) is 1.68. The van der Waals surface area contributed by atoms with Gasteiger partial charge in [-0.15, -0.1) is 11.3 Å². The molecule has 0 radical (unpaired) electrons. The fraction of sp³-hybridized carbons (Fsp3) is 0.300. The molecule has 0 unspecified atom stereocenters. The van der Waals surface area contributed by atoms with E-state index in [1.165, 1.54) is 11.3 Å². The van der Waals surface area contributed by atoms with Crippen molar-refractivity contribution in [3.8, 4) is 16.5 Å². The number of nitrogen functional groups attached to an aromatic ring is 1. The van der Waals surface area contributed by atoms with Crippen LogP contribution >= 0.6 is 11.3 Å². The van der Waals surface area contributed by atoms with Crippen molar-refractivity contribution in [2.45, 2.75) is 6.92 Å². The molecule has 0 aliphatic carbocycles. The van der Waals surface area contributed by atoms with Crippen LogP contribution in [-0.4, -0.2) is 28.1 Å². The smallest absolute Gasteiger partial charge is 0.204 e. The quantitative estimate of drug-likeness (QED) is 0.792. The van der Waals surface area contributed by atoms with Gasteiger partial charge in [-0.25, -0.2) is 15.0 Å². The Morgan fingerprint density at radius 3 is 3.12 bits per heavy atom. The van der Waals surface area contributed by atoms with Crippen molar-refractivity contribution in [2.24, 2.45) is 0 Å². The lowest BCUT2D eigenvalue weighted by molar-refractivity contribution is 0.322. The van der Waals surface area contributed by atoms with Gasteiger partial charge in [0.2, 0.25) is 5.75 Å². The summed E-state index contributed by atoms with van der Waals surface area (Å²) in [5.41, 5.74) is 8.55. The highest BCUT2D eigenvalue weighted by molar-refractivity contribution is 7.13. The summed E-state index contributed by atoms with van der Waals surface area (Å²) in [5.74, 6) is 2.16.